The molecule has 0 aromatic heterocycles. The number of esters is 1. The van der Waals surface area contributed by atoms with Crippen LogP contribution in [-0.2, 0) is 9.47 Å². The molecule has 0 saturated carbocycles. The van der Waals surface area contributed by atoms with Gasteiger partial charge in [-0.2, -0.15) is 0 Å². The molecule has 0 fully saturated rings. The third kappa shape index (κ3) is 4.63. The molecule has 1 aromatic carbocycles. The molecule has 0 bridgehead atoms. The molecule has 5 nitrogen and oxygen atoms in total. The number of hydrogen-bond donors (Lipinski definition) is 2. The number of carbonyl (C=O) groups is 1. The average molecular weight is 253 g/mol. The lowest BCUT2D eigenvalue weighted by Gasteiger charge is -2.07. The maximum atomic E-state index is 11.6. The van der Waals surface area contributed by atoms with E-state index < -0.39 is 5.97 Å². The number of anilines is 1. The van der Waals surface area contributed by atoms with Gasteiger partial charge in [-0.3, -0.25) is 0 Å². The minimum absolute atomic E-state index is 0.109. The molecule has 0 radical (unpaired) electrons. The Labute approximate surface area is 107 Å². The largest absolute Gasteiger partial charge is 0.507 e. The normalized spacial score (nSPS) is 10.3. The fourth-order valence-electron chi connectivity index (χ4n) is 1.34. The quantitative estimate of drug-likeness (QED) is 0.441. The molecule has 0 heterocycles. The van der Waals surface area contributed by atoms with Gasteiger partial charge in [0.2, 0.25) is 0 Å². The van der Waals surface area contributed by atoms with E-state index in [2.05, 4.69) is 6.92 Å². The summed E-state index contributed by atoms with van der Waals surface area (Å²) >= 11 is 0. The molecular weight excluding hydrogens is 234 g/mol. The highest BCUT2D eigenvalue weighted by atomic mass is 16.6. The highest BCUT2D eigenvalue weighted by Crippen LogP contribution is 2.20. The van der Waals surface area contributed by atoms with Crippen molar-refractivity contribution in [1.82, 2.24) is 0 Å². The van der Waals surface area contributed by atoms with Gasteiger partial charge in [-0.1, -0.05) is 13.3 Å². The summed E-state index contributed by atoms with van der Waals surface area (Å²) in [6, 6.07) is 4.29. The number of rotatable bonds is 7. The van der Waals surface area contributed by atoms with Crippen LogP contribution in [0.15, 0.2) is 18.2 Å². The fraction of sp³-hybridized carbons (Fsp3) is 0.462. The zero-order valence-corrected chi connectivity index (χ0v) is 10.5. The first-order valence-electron chi connectivity index (χ1n) is 5.98. The van der Waals surface area contributed by atoms with E-state index in [-0.39, 0.29) is 17.9 Å². The van der Waals surface area contributed by atoms with Gasteiger partial charge in [0.15, 0.2) is 0 Å². The number of hydrogen-bond acceptors (Lipinski definition) is 5. The Morgan fingerprint density at radius 1 is 1.33 bits per heavy atom. The molecule has 1 rings (SSSR count). The van der Waals surface area contributed by atoms with Crippen molar-refractivity contribution in [2.24, 2.45) is 0 Å². The fourth-order valence-corrected chi connectivity index (χ4v) is 1.34. The summed E-state index contributed by atoms with van der Waals surface area (Å²) in [6.45, 7) is 3.28. The molecule has 5 heteroatoms. The third-order valence-corrected chi connectivity index (χ3v) is 2.34. The summed E-state index contributed by atoms with van der Waals surface area (Å²) in [5, 5.41) is 9.52. The van der Waals surface area contributed by atoms with E-state index in [1.54, 1.807) is 0 Å². The molecule has 18 heavy (non-hydrogen) atoms. The number of unbranched alkanes of at least 4 members (excludes halogenated alkanes) is 1. The Morgan fingerprint density at radius 3 is 2.78 bits per heavy atom. The smallest absolute Gasteiger partial charge is 0.341 e. The molecule has 0 saturated heterocycles. The van der Waals surface area contributed by atoms with Crippen LogP contribution in [0.4, 0.5) is 5.69 Å². The zero-order valence-electron chi connectivity index (χ0n) is 10.5. The van der Waals surface area contributed by atoms with Gasteiger partial charge in [-0.25, -0.2) is 4.79 Å². The van der Waals surface area contributed by atoms with Crippen LogP contribution in [0.3, 0.4) is 0 Å². The van der Waals surface area contributed by atoms with Crippen LogP contribution in [0, 0.1) is 0 Å². The standard InChI is InChI=1S/C13H19NO4/c1-2-3-6-17-7-8-18-13(16)11-5-4-10(14)9-12(11)15/h4-5,9,15H,2-3,6-8,14H2,1H3. The topological polar surface area (TPSA) is 81.8 Å². The van der Waals surface area contributed by atoms with Crippen molar-refractivity contribution in [2.45, 2.75) is 19.8 Å². The summed E-state index contributed by atoms with van der Waals surface area (Å²) in [7, 11) is 0. The monoisotopic (exact) mass is 253 g/mol. The third-order valence-electron chi connectivity index (χ3n) is 2.34. The first kappa shape index (κ1) is 14.3. The number of benzene rings is 1. The Kier molecular flexibility index (Phi) is 6.00. The molecule has 0 atom stereocenters. The van der Waals surface area contributed by atoms with Gasteiger partial charge in [-0.15, -0.1) is 0 Å². The van der Waals surface area contributed by atoms with Gasteiger partial charge in [0.1, 0.15) is 17.9 Å². The number of ether oxygens (including phenoxy) is 2. The highest BCUT2D eigenvalue weighted by Gasteiger charge is 2.12. The Morgan fingerprint density at radius 2 is 2.11 bits per heavy atom. The maximum Gasteiger partial charge on any atom is 0.341 e. The van der Waals surface area contributed by atoms with E-state index >= 15 is 0 Å². The predicted octanol–water partition coefficient (Wildman–Crippen LogP) is 1.95. The molecule has 0 amide bonds. The SMILES string of the molecule is CCCCOCCOC(=O)c1ccc(N)cc1O. The number of nitrogen functional groups attached to an aromatic ring is 1. The lowest BCUT2D eigenvalue weighted by molar-refractivity contribution is 0.0311. The van der Waals surface area contributed by atoms with Gasteiger partial charge in [0.25, 0.3) is 0 Å². The molecule has 0 aliphatic heterocycles. The van der Waals surface area contributed by atoms with Gasteiger partial charge in [-0.05, 0) is 18.6 Å². The summed E-state index contributed by atoms with van der Waals surface area (Å²) < 4.78 is 10.2. The average Bonchev–Trinajstić information content (AvgIpc) is 2.33. The van der Waals surface area contributed by atoms with Crippen LogP contribution >= 0.6 is 0 Å². The highest BCUT2D eigenvalue weighted by molar-refractivity contribution is 5.92. The summed E-state index contributed by atoms with van der Waals surface area (Å²) in [4.78, 5) is 11.6. The van der Waals surface area contributed by atoms with Crippen LogP contribution < -0.4 is 5.73 Å². The second kappa shape index (κ2) is 7.55. The van der Waals surface area contributed by atoms with Crippen molar-refractivity contribution in [3.63, 3.8) is 0 Å². The second-order valence-electron chi connectivity index (χ2n) is 3.88. The van der Waals surface area contributed by atoms with Gasteiger partial charge >= 0.3 is 5.97 Å². The van der Waals surface area contributed by atoms with Gasteiger partial charge < -0.3 is 20.3 Å². The molecule has 0 aliphatic rings. The number of aromatic hydroxyl groups is 1. The second-order valence-corrected chi connectivity index (χ2v) is 3.88. The molecule has 100 valence electrons. The van der Waals surface area contributed by atoms with Gasteiger partial charge in [0.05, 0.1) is 6.61 Å². The Bertz CT molecular complexity index is 393. The number of phenolic OH excluding ortho intramolecular Hbond substituents is 1. The summed E-state index contributed by atoms with van der Waals surface area (Å²) in [5.74, 6) is -0.751. The predicted molar refractivity (Wildman–Crippen MR) is 68.5 cm³/mol. The van der Waals surface area contributed by atoms with E-state index in [0.717, 1.165) is 12.8 Å². The Balaban J connectivity index is 2.32. The van der Waals surface area contributed by atoms with E-state index in [0.29, 0.717) is 18.9 Å². The summed E-state index contributed by atoms with van der Waals surface area (Å²) in [6.07, 6.45) is 2.06. The lowest BCUT2D eigenvalue weighted by atomic mass is 10.2. The van der Waals surface area contributed by atoms with Gasteiger partial charge in [0, 0.05) is 18.4 Å². The zero-order chi connectivity index (χ0) is 13.4. The molecule has 0 aliphatic carbocycles. The van der Waals surface area contributed by atoms with Crippen LogP contribution in [0.2, 0.25) is 0 Å². The molecule has 3 N–H and O–H groups in total. The van der Waals surface area contributed by atoms with Crippen LogP contribution in [0.25, 0.3) is 0 Å². The molecule has 1 aromatic rings. The van der Waals surface area contributed by atoms with E-state index in [9.17, 15) is 9.90 Å². The van der Waals surface area contributed by atoms with Crippen molar-refractivity contribution in [3.8, 4) is 5.75 Å². The summed E-state index contributed by atoms with van der Waals surface area (Å²) in [5.41, 5.74) is 5.97. The molecule has 0 unspecified atom stereocenters. The number of nitrogens with two attached hydrogens (primary N) is 1. The molecular formula is C13H19NO4. The van der Waals surface area contributed by atoms with Crippen molar-refractivity contribution >= 4 is 11.7 Å². The van der Waals surface area contributed by atoms with E-state index in [1.165, 1.54) is 18.2 Å². The van der Waals surface area contributed by atoms with E-state index in [4.69, 9.17) is 15.2 Å². The maximum absolute atomic E-state index is 11.6. The van der Waals surface area contributed by atoms with Crippen LogP contribution in [-0.4, -0.2) is 30.9 Å². The first-order valence-corrected chi connectivity index (χ1v) is 5.98. The van der Waals surface area contributed by atoms with Crippen molar-refractivity contribution < 1.29 is 19.4 Å². The lowest BCUT2D eigenvalue weighted by Crippen LogP contribution is -2.11. The minimum Gasteiger partial charge on any atom is -0.507 e. The van der Waals surface area contributed by atoms with Crippen LogP contribution in [0.5, 0.6) is 5.75 Å². The van der Waals surface area contributed by atoms with Crippen molar-refractivity contribution in [3.05, 3.63) is 23.8 Å². The minimum atomic E-state index is -0.577. The van der Waals surface area contributed by atoms with E-state index in [1.807, 2.05) is 0 Å². The Hall–Kier alpha value is -1.75. The number of carbonyl (C=O) groups excluding carboxylic acids is 1. The number of phenols is 1. The molecule has 0 spiro atoms. The first-order chi connectivity index (χ1) is 8.65. The van der Waals surface area contributed by atoms with Crippen LogP contribution in [0.1, 0.15) is 30.1 Å². The van der Waals surface area contributed by atoms with Crippen molar-refractivity contribution in [2.75, 3.05) is 25.6 Å². The van der Waals surface area contributed by atoms with Crippen molar-refractivity contribution in [1.29, 1.82) is 0 Å².